The summed E-state index contributed by atoms with van der Waals surface area (Å²) in [7, 11) is 0. The van der Waals surface area contributed by atoms with Gasteiger partial charge in [-0.15, -0.1) is 0 Å². The van der Waals surface area contributed by atoms with Crippen LogP contribution in [0.1, 0.15) is 26.7 Å². The molecule has 0 amide bonds. The molecule has 0 heterocycles. The lowest BCUT2D eigenvalue weighted by atomic mass is 10.2. The zero-order chi connectivity index (χ0) is 9.40. The summed E-state index contributed by atoms with van der Waals surface area (Å²) in [6.07, 6.45) is 2.13. The van der Waals surface area contributed by atoms with Crippen molar-refractivity contribution in [3.8, 4) is 0 Å². The van der Waals surface area contributed by atoms with E-state index in [4.69, 9.17) is 10.2 Å². The van der Waals surface area contributed by atoms with Gasteiger partial charge in [-0.25, -0.2) is 0 Å². The molecule has 0 saturated heterocycles. The SMILES string of the molecule is CCCN(CCC)C(CO)CO. The summed E-state index contributed by atoms with van der Waals surface area (Å²) >= 11 is 0. The molecular formula is C9H21NO2. The van der Waals surface area contributed by atoms with Gasteiger partial charge in [0, 0.05) is 0 Å². The van der Waals surface area contributed by atoms with Crippen LogP contribution < -0.4 is 0 Å². The normalized spacial score (nSPS) is 11.5. The van der Waals surface area contributed by atoms with Crippen molar-refractivity contribution in [3.63, 3.8) is 0 Å². The predicted octanol–water partition coefficient (Wildman–Crippen LogP) is 0.462. The number of hydrogen-bond donors (Lipinski definition) is 2. The van der Waals surface area contributed by atoms with Crippen LogP contribution in [0, 0.1) is 0 Å². The molecule has 12 heavy (non-hydrogen) atoms. The van der Waals surface area contributed by atoms with E-state index in [9.17, 15) is 0 Å². The van der Waals surface area contributed by atoms with Gasteiger partial charge in [0.15, 0.2) is 0 Å². The molecule has 0 aliphatic heterocycles. The number of aliphatic hydroxyl groups excluding tert-OH is 2. The number of hydrogen-bond acceptors (Lipinski definition) is 3. The lowest BCUT2D eigenvalue weighted by Gasteiger charge is -2.28. The molecule has 0 aliphatic carbocycles. The molecular weight excluding hydrogens is 154 g/mol. The van der Waals surface area contributed by atoms with Gasteiger partial charge in [0.2, 0.25) is 0 Å². The van der Waals surface area contributed by atoms with Crippen molar-refractivity contribution in [2.24, 2.45) is 0 Å². The van der Waals surface area contributed by atoms with E-state index in [1.807, 2.05) is 0 Å². The first-order valence-electron chi connectivity index (χ1n) is 4.75. The van der Waals surface area contributed by atoms with Gasteiger partial charge in [-0.3, -0.25) is 4.90 Å². The Labute approximate surface area is 75.0 Å². The molecule has 0 aliphatic rings. The van der Waals surface area contributed by atoms with E-state index in [2.05, 4.69) is 18.7 Å². The molecule has 0 saturated carbocycles. The molecule has 3 nitrogen and oxygen atoms in total. The zero-order valence-corrected chi connectivity index (χ0v) is 8.16. The van der Waals surface area contributed by atoms with Crippen LogP contribution in [0.25, 0.3) is 0 Å². The van der Waals surface area contributed by atoms with E-state index in [1.54, 1.807) is 0 Å². The Kier molecular flexibility index (Phi) is 7.45. The Bertz CT molecular complexity index is 88.5. The summed E-state index contributed by atoms with van der Waals surface area (Å²) in [6.45, 7) is 6.23. The van der Waals surface area contributed by atoms with E-state index in [0.717, 1.165) is 25.9 Å². The quantitative estimate of drug-likeness (QED) is 0.591. The van der Waals surface area contributed by atoms with Crippen LogP contribution in [0.4, 0.5) is 0 Å². The standard InChI is InChI=1S/C9H21NO2/c1-3-5-10(6-4-2)9(7-11)8-12/h9,11-12H,3-8H2,1-2H3. The fourth-order valence-electron chi connectivity index (χ4n) is 1.34. The molecule has 0 aromatic carbocycles. The summed E-state index contributed by atoms with van der Waals surface area (Å²) in [6, 6.07) is -0.0649. The van der Waals surface area contributed by atoms with Gasteiger partial charge in [0.25, 0.3) is 0 Å². The summed E-state index contributed by atoms with van der Waals surface area (Å²) in [5, 5.41) is 17.9. The molecule has 0 atom stereocenters. The lowest BCUT2D eigenvalue weighted by Crippen LogP contribution is -2.41. The van der Waals surface area contributed by atoms with Crippen molar-refractivity contribution in [2.75, 3.05) is 26.3 Å². The molecule has 0 spiro atoms. The lowest BCUT2D eigenvalue weighted by molar-refractivity contribution is 0.0738. The maximum atomic E-state index is 8.95. The second kappa shape index (κ2) is 7.53. The van der Waals surface area contributed by atoms with Gasteiger partial charge in [-0.2, -0.15) is 0 Å². The zero-order valence-electron chi connectivity index (χ0n) is 8.16. The molecule has 0 radical (unpaired) electrons. The van der Waals surface area contributed by atoms with E-state index in [1.165, 1.54) is 0 Å². The maximum absolute atomic E-state index is 8.95. The Morgan fingerprint density at radius 1 is 1.00 bits per heavy atom. The summed E-state index contributed by atoms with van der Waals surface area (Å²) < 4.78 is 0. The minimum atomic E-state index is -0.0649. The second-order valence-electron chi connectivity index (χ2n) is 3.05. The Balaban J connectivity index is 3.86. The number of nitrogens with zero attached hydrogens (tertiary/aromatic N) is 1. The highest BCUT2D eigenvalue weighted by Gasteiger charge is 2.14. The van der Waals surface area contributed by atoms with Crippen LogP contribution in [-0.2, 0) is 0 Å². The van der Waals surface area contributed by atoms with Crippen LogP contribution in [-0.4, -0.2) is 47.5 Å². The molecule has 0 aromatic rings. The highest BCUT2D eigenvalue weighted by molar-refractivity contribution is 4.68. The minimum Gasteiger partial charge on any atom is -0.395 e. The summed E-state index contributed by atoms with van der Waals surface area (Å²) in [4.78, 5) is 2.14. The monoisotopic (exact) mass is 175 g/mol. The summed E-state index contributed by atoms with van der Waals surface area (Å²) in [5.74, 6) is 0. The first kappa shape index (κ1) is 11.9. The maximum Gasteiger partial charge on any atom is 0.0609 e. The van der Waals surface area contributed by atoms with Crippen molar-refractivity contribution >= 4 is 0 Å². The van der Waals surface area contributed by atoms with Crippen molar-refractivity contribution in [3.05, 3.63) is 0 Å². The molecule has 74 valence electrons. The van der Waals surface area contributed by atoms with E-state index in [0.29, 0.717) is 0 Å². The molecule has 3 heteroatoms. The Morgan fingerprint density at radius 2 is 1.42 bits per heavy atom. The topological polar surface area (TPSA) is 43.7 Å². The van der Waals surface area contributed by atoms with Crippen molar-refractivity contribution in [1.29, 1.82) is 0 Å². The third-order valence-corrected chi connectivity index (χ3v) is 1.96. The van der Waals surface area contributed by atoms with Crippen LogP contribution in [0.3, 0.4) is 0 Å². The first-order chi connectivity index (χ1) is 5.79. The smallest absolute Gasteiger partial charge is 0.0609 e. The van der Waals surface area contributed by atoms with Crippen molar-refractivity contribution in [1.82, 2.24) is 4.90 Å². The molecule has 0 bridgehead atoms. The second-order valence-corrected chi connectivity index (χ2v) is 3.05. The predicted molar refractivity (Wildman–Crippen MR) is 50.1 cm³/mol. The van der Waals surface area contributed by atoms with E-state index in [-0.39, 0.29) is 19.3 Å². The van der Waals surface area contributed by atoms with Crippen molar-refractivity contribution < 1.29 is 10.2 Å². The van der Waals surface area contributed by atoms with E-state index >= 15 is 0 Å². The Hall–Kier alpha value is -0.120. The van der Waals surface area contributed by atoms with Crippen LogP contribution >= 0.6 is 0 Å². The van der Waals surface area contributed by atoms with Gasteiger partial charge in [-0.1, -0.05) is 13.8 Å². The van der Waals surface area contributed by atoms with Crippen molar-refractivity contribution in [2.45, 2.75) is 32.7 Å². The average Bonchev–Trinajstić information content (AvgIpc) is 2.07. The average molecular weight is 175 g/mol. The largest absolute Gasteiger partial charge is 0.395 e. The summed E-state index contributed by atoms with van der Waals surface area (Å²) in [5.41, 5.74) is 0. The minimum absolute atomic E-state index is 0.0521. The van der Waals surface area contributed by atoms with Gasteiger partial charge in [-0.05, 0) is 25.9 Å². The third-order valence-electron chi connectivity index (χ3n) is 1.96. The number of aliphatic hydroxyl groups is 2. The van der Waals surface area contributed by atoms with Crippen LogP contribution in [0.5, 0.6) is 0 Å². The first-order valence-corrected chi connectivity index (χ1v) is 4.75. The molecule has 0 fully saturated rings. The fraction of sp³-hybridized carbons (Fsp3) is 1.00. The molecule has 0 aromatic heterocycles. The molecule has 0 unspecified atom stereocenters. The highest BCUT2D eigenvalue weighted by Crippen LogP contribution is 2.01. The highest BCUT2D eigenvalue weighted by atomic mass is 16.3. The molecule has 2 N–H and O–H groups in total. The molecule has 0 rings (SSSR count). The van der Waals surface area contributed by atoms with Crippen LogP contribution in [0.2, 0.25) is 0 Å². The van der Waals surface area contributed by atoms with Gasteiger partial charge < -0.3 is 10.2 Å². The van der Waals surface area contributed by atoms with Gasteiger partial charge in [0.05, 0.1) is 19.3 Å². The van der Waals surface area contributed by atoms with E-state index < -0.39 is 0 Å². The van der Waals surface area contributed by atoms with Crippen LogP contribution in [0.15, 0.2) is 0 Å². The third kappa shape index (κ3) is 4.04. The van der Waals surface area contributed by atoms with Gasteiger partial charge in [0.1, 0.15) is 0 Å². The fourth-order valence-corrected chi connectivity index (χ4v) is 1.34. The Morgan fingerprint density at radius 3 is 1.67 bits per heavy atom. The van der Waals surface area contributed by atoms with Gasteiger partial charge >= 0.3 is 0 Å². The number of rotatable bonds is 7.